The number of aromatic carboxylic acids is 1. The second-order valence-corrected chi connectivity index (χ2v) is 6.58. The summed E-state index contributed by atoms with van der Waals surface area (Å²) in [6.07, 6.45) is 0.546. The van der Waals surface area contributed by atoms with Crippen LogP contribution in [0.2, 0.25) is 5.02 Å². The van der Waals surface area contributed by atoms with Crippen molar-refractivity contribution in [3.63, 3.8) is 0 Å². The fraction of sp³-hybridized carbons (Fsp3) is 0.188. The zero-order chi connectivity index (χ0) is 16.6. The van der Waals surface area contributed by atoms with E-state index in [1.54, 1.807) is 18.2 Å². The summed E-state index contributed by atoms with van der Waals surface area (Å²) < 4.78 is 2.80. The summed E-state index contributed by atoms with van der Waals surface area (Å²) in [6.45, 7) is 0.584. The van der Waals surface area contributed by atoms with Gasteiger partial charge in [-0.15, -0.1) is 11.3 Å². The Morgan fingerprint density at radius 2 is 2.04 bits per heavy atom. The maximum atomic E-state index is 11.2. The molecular formula is C16H14ClNO4S. The van der Waals surface area contributed by atoms with Crippen LogP contribution in [0.1, 0.15) is 16.1 Å². The van der Waals surface area contributed by atoms with Crippen LogP contribution in [-0.2, 0) is 6.54 Å². The van der Waals surface area contributed by atoms with Gasteiger partial charge in [-0.25, -0.2) is 4.79 Å². The van der Waals surface area contributed by atoms with Gasteiger partial charge in [0.15, 0.2) is 0 Å². The van der Waals surface area contributed by atoms with Gasteiger partial charge >= 0.3 is 5.97 Å². The van der Waals surface area contributed by atoms with Crippen LogP contribution in [0, 0.1) is 0 Å². The Bertz CT molecular complexity index is 884. The number of carbonyl (C=O) groups is 1. The second kappa shape index (κ2) is 6.23. The first-order chi connectivity index (χ1) is 11.0. The van der Waals surface area contributed by atoms with Crippen LogP contribution in [0.15, 0.2) is 30.3 Å². The lowest BCUT2D eigenvalue weighted by atomic mass is 10.1. The van der Waals surface area contributed by atoms with Crippen LogP contribution in [0.4, 0.5) is 0 Å². The lowest BCUT2D eigenvalue weighted by Crippen LogP contribution is -2.02. The fourth-order valence-corrected chi connectivity index (χ4v) is 3.76. The highest BCUT2D eigenvalue weighted by atomic mass is 35.5. The van der Waals surface area contributed by atoms with Gasteiger partial charge in [0.1, 0.15) is 10.6 Å². The average Bonchev–Trinajstić information content (AvgIpc) is 3.03. The Balaban J connectivity index is 2.18. The van der Waals surface area contributed by atoms with Crippen molar-refractivity contribution >= 4 is 39.1 Å². The maximum absolute atomic E-state index is 11.2. The number of benzene rings is 1. The Morgan fingerprint density at radius 1 is 1.26 bits per heavy atom. The van der Waals surface area contributed by atoms with Gasteiger partial charge in [-0.05, 0) is 36.8 Å². The predicted molar refractivity (Wildman–Crippen MR) is 90.6 cm³/mol. The minimum atomic E-state index is -0.955. The molecule has 5 nitrogen and oxygen atoms in total. The number of aliphatic hydroxyl groups is 1. The monoisotopic (exact) mass is 351 g/mol. The van der Waals surface area contributed by atoms with Crippen LogP contribution in [0.3, 0.4) is 0 Å². The second-order valence-electron chi connectivity index (χ2n) is 5.09. The molecule has 7 heteroatoms. The molecule has 0 aliphatic rings. The number of aliphatic hydroxyl groups excluding tert-OH is 1. The zero-order valence-electron chi connectivity index (χ0n) is 12.0. The minimum absolute atomic E-state index is 0.0400. The van der Waals surface area contributed by atoms with Crippen LogP contribution < -0.4 is 0 Å². The summed E-state index contributed by atoms with van der Waals surface area (Å²) in [7, 11) is 0. The third-order valence-corrected chi connectivity index (χ3v) is 4.94. The minimum Gasteiger partial charge on any atom is -0.508 e. The first-order valence-electron chi connectivity index (χ1n) is 6.97. The van der Waals surface area contributed by atoms with Crippen molar-refractivity contribution in [2.45, 2.75) is 13.0 Å². The number of phenolic OH excluding ortho intramolecular Hbond substituents is 1. The summed E-state index contributed by atoms with van der Waals surface area (Å²) in [4.78, 5) is 11.4. The van der Waals surface area contributed by atoms with E-state index < -0.39 is 5.97 Å². The molecule has 120 valence electrons. The van der Waals surface area contributed by atoms with Crippen molar-refractivity contribution in [1.82, 2.24) is 4.57 Å². The number of aromatic nitrogens is 1. The van der Waals surface area contributed by atoms with Crippen molar-refractivity contribution in [3.05, 3.63) is 40.2 Å². The van der Waals surface area contributed by atoms with E-state index in [1.807, 2.05) is 10.6 Å². The number of hydrogen-bond donors (Lipinski definition) is 3. The topological polar surface area (TPSA) is 82.7 Å². The molecule has 0 unspecified atom stereocenters. The molecule has 1 aromatic carbocycles. The molecule has 0 atom stereocenters. The van der Waals surface area contributed by atoms with Crippen molar-refractivity contribution in [3.8, 4) is 17.0 Å². The third-order valence-electron chi connectivity index (χ3n) is 3.57. The molecule has 0 saturated heterocycles. The molecule has 2 aromatic heterocycles. The number of thiophene rings is 1. The molecule has 0 bridgehead atoms. The van der Waals surface area contributed by atoms with Gasteiger partial charge in [0.2, 0.25) is 0 Å². The molecule has 23 heavy (non-hydrogen) atoms. The van der Waals surface area contributed by atoms with Crippen LogP contribution in [0.5, 0.6) is 5.75 Å². The summed E-state index contributed by atoms with van der Waals surface area (Å²) in [5, 5.41) is 28.2. The first-order valence-corrected chi connectivity index (χ1v) is 8.17. The van der Waals surface area contributed by atoms with E-state index in [1.165, 1.54) is 17.4 Å². The van der Waals surface area contributed by atoms with Crippen LogP contribution in [-0.4, -0.2) is 32.5 Å². The first kappa shape index (κ1) is 15.9. The van der Waals surface area contributed by atoms with E-state index in [0.29, 0.717) is 18.0 Å². The molecule has 3 N–H and O–H groups in total. The number of hydrogen-bond acceptors (Lipinski definition) is 4. The molecule has 0 fully saturated rings. The normalized spacial score (nSPS) is 11.2. The fourth-order valence-electron chi connectivity index (χ4n) is 2.55. The van der Waals surface area contributed by atoms with E-state index in [4.69, 9.17) is 21.8 Å². The molecule has 3 aromatic rings. The van der Waals surface area contributed by atoms with Gasteiger partial charge in [0.05, 0.1) is 20.9 Å². The van der Waals surface area contributed by atoms with E-state index in [0.717, 1.165) is 21.5 Å². The molecule has 0 amide bonds. The van der Waals surface area contributed by atoms with Gasteiger partial charge in [-0.2, -0.15) is 0 Å². The molecule has 0 spiro atoms. The van der Waals surface area contributed by atoms with Gasteiger partial charge in [0, 0.05) is 18.7 Å². The van der Waals surface area contributed by atoms with Gasteiger partial charge in [-0.1, -0.05) is 11.6 Å². The number of aryl methyl sites for hydroxylation is 1. The number of carboxylic acid groups (broad SMARTS) is 1. The average molecular weight is 352 g/mol. The predicted octanol–water partition coefficient (Wildman–Crippen LogP) is 3.81. The maximum Gasteiger partial charge on any atom is 0.345 e. The molecule has 2 heterocycles. The van der Waals surface area contributed by atoms with Crippen molar-refractivity contribution in [2.24, 2.45) is 0 Å². The Morgan fingerprint density at radius 3 is 2.70 bits per heavy atom. The number of carboxylic acids is 1. The van der Waals surface area contributed by atoms with E-state index in [2.05, 4.69) is 0 Å². The number of aromatic hydroxyl groups is 1. The lowest BCUT2D eigenvalue weighted by Gasteiger charge is -2.11. The summed E-state index contributed by atoms with van der Waals surface area (Å²) >= 11 is 7.44. The number of nitrogens with zero attached hydrogens (tertiary/aromatic N) is 1. The molecule has 0 aliphatic carbocycles. The van der Waals surface area contributed by atoms with Crippen LogP contribution >= 0.6 is 22.9 Å². The Hall–Kier alpha value is -2.02. The van der Waals surface area contributed by atoms with Crippen molar-refractivity contribution in [1.29, 1.82) is 0 Å². The molecule has 0 saturated carbocycles. The number of rotatable bonds is 5. The van der Waals surface area contributed by atoms with E-state index in [9.17, 15) is 9.90 Å². The lowest BCUT2D eigenvalue weighted by molar-refractivity contribution is 0.0702. The van der Waals surface area contributed by atoms with Gasteiger partial charge in [-0.3, -0.25) is 0 Å². The quantitative estimate of drug-likeness (QED) is 0.652. The molecule has 0 aliphatic heterocycles. The van der Waals surface area contributed by atoms with Crippen molar-refractivity contribution in [2.75, 3.05) is 6.61 Å². The summed E-state index contributed by atoms with van der Waals surface area (Å²) in [6, 6.07) is 8.28. The largest absolute Gasteiger partial charge is 0.508 e. The number of fused-ring (bicyclic) bond motifs is 1. The third kappa shape index (κ3) is 2.93. The molecule has 0 radical (unpaired) electrons. The Labute approximate surface area is 141 Å². The SMILES string of the molecule is O=C(O)c1cc2c(cc(-c3ccc(O)cc3Cl)n2CCCO)s1. The molecular weight excluding hydrogens is 338 g/mol. The van der Waals surface area contributed by atoms with Crippen molar-refractivity contribution < 1.29 is 20.1 Å². The van der Waals surface area contributed by atoms with Gasteiger partial charge < -0.3 is 19.9 Å². The zero-order valence-corrected chi connectivity index (χ0v) is 13.6. The van der Waals surface area contributed by atoms with Gasteiger partial charge in [0.25, 0.3) is 0 Å². The van der Waals surface area contributed by atoms with Crippen LogP contribution in [0.25, 0.3) is 21.5 Å². The van der Waals surface area contributed by atoms with E-state index >= 15 is 0 Å². The Kier molecular flexibility index (Phi) is 4.30. The standard InChI is InChI=1S/C16H14ClNO4S/c17-11-6-9(20)2-3-10(11)12-7-14-13(18(12)4-1-5-19)8-15(23-14)16(21)22/h2-3,6-8,19-20H,1,4-5H2,(H,21,22). The summed E-state index contributed by atoms with van der Waals surface area (Å²) in [5.41, 5.74) is 2.39. The highest BCUT2D eigenvalue weighted by Gasteiger charge is 2.18. The molecule has 3 rings (SSSR count). The van der Waals surface area contributed by atoms with E-state index in [-0.39, 0.29) is 17.2 Å². The summed E-state index contributed by atoms with van der Waals surface area (Å²) in [5.74, 6) is -0.869. The number of halogens is 1. The smallest absolute Gasteiger partial charge is 0.345 e. The highest BCUT2D eigenvalue weighted by molar-refractivity contribution is 7.20. The number of phenols is 1. The highest BCUT2D eigenvalue weighted by Crippen LogP contribution is 2.37.